The highest BCUT2D eigenvalue weighted by Crippen LogP contribution is 2.11. The van der Waals surface area contributed by atoms with Crippen molar-refractivity contribution in [2.75, 3.05) is 39.6 Å². The number of esters is 1. The van der Waals surface area contributed by atoms with E-state index in [0.29, 0.717) is 32.0 Å². The third-order valence-corrected chi connectivity index (χ3v) is 6.16. The summed E-state index contributed by atoms with van der Waals surface area (Å²) in [6.07, 6.45) is 13.0. The first kappa shape index (κ1) is 37.0. The number of ether oxygens (including phenoxy) is 6. The Morgan fingerprint density at radius 1 is 0.553 bits per heavy atom. The molecular formula is C31H60O7. The van der Waals surface area contributed by atoms with E-state index in [0.717, 1.165) is 13.0 Å². The van der Waals surface area contributed by atoms with Gasteiger partial charge in [-0.3, -0.25) is 0 Å². The molecular weight excluding hydrogens is 484 g/mol. The van der Waals surface area contributed by atoms with Gasteiger partial charge in [0, 0.05) is 12.2 Å². The number of unbranched alkanes of at least 4 members (excludes halogenated alkanes) is 9. The van der Waals surface area contributed by atoms with Crippen molar-refractivity contribution >= 4 is 5.97 Å². The summed E-state index contributed by atoms with van der Waals surface area (Å²) >= 11 is 0. The highest BCUT2D eigenvalue weighted by atomic mass is 16.6. The molecule has 5 atom stereocenters. The molecule has 0 bridgehead atoms. The molecule has 0 rings (SSSR count). The minimum absolute atomic E-state index is 0.00987. The smallest absolute Gasteiger partial charge is 0.333 e. The molecule has 0 aliphatic rings. The lowest BCUT2D eigenvalue weighted by Crippen LogP contribution is -2.29. The molecule has 0 aliphatic carbocycles. The van der Waals surface area contributed by atoms with E-state index in [1.54, 1.807) is 6.92 Å². The van der Waals surface area contributed by atoms with Crippen LogP contribution in [0.15, 0.2) is 12.2 Å². The van der Waals surface area contributed by atoms with Gasteiger partial charge >= 0.3 is 5.97 Å². The number of hydrogen-bond donors (Lipinski definition) is 0. The second-order valence-electron chi connectivity index (χ2n) is 10.8. The van der Waals surface area contributed by atoms with Gasteiger partial charge in [-0.15, -0.1) is 0 Å². The average molecular weight is 545 g/mol. The lowest BCUT2D eigenvalue weighted by molar-refractivity contribution is -0.144. The molecule has 0 saturated heterocycles. The molecule has 226 valence electrons. The Hall–Kier alpha value is -0.990. The molecule has 0 amide bonds. The lowest BCUT2D eigenvalue weighted by atomic mass is 10.1. The van der Waals surface area contributed by atoms with Crippen molar-refractivity contribution in [3.05, 3.63) is 12.2 Å². The van der Waals surface area contributed by atoms with E-state index >= 15 is 0 Å². The summed E-state index contributed by atoms with van der Waals surface area (Å²) in [4.78, 5) is 11.4. The monoisotopic (exact) mass is 544 g/mol. The molecule has 0 spiro atoms. The Bertz CT molecular complexity index is 568. The van der Waals surface area contributed by atoms with Gasteiger partial charge in [0.1, 0.15) is 6.61 Å². The van der Waals surface area contributed by atoms with Crippen LogP contribution in [0, 0.1) is 0 Å². The fourth-order valence-corrected chi connectivity index (χ4v) is 3.63. The van der Waals surface area contributed by atoms with Crippen molar-refractivity contribution in [2.45, 2.75) is 143 Å². The first-order valence-corrected chi connectivity index (χ1v) is 15.1. The van der Waals surface area contributed by atoms with Gasteiger partial charge in [-0.25, -0.2) is 4.79 Å². The van der Waals surface area contributed by atoms with Gasteiger partial charge in [-0.2, -0.15) is 0 Å². The van der Waals surface area contributed by atoms with Crippen LogP contribution in [0.2, 0.25) is 0 Å². The van der Waals surface area contributed by atoms with Gasteiger partial charge in [0.25, 0.3) is 0 Å². The molecule has 0 aromatic carbocycles. The first-order chi connectivity index (χ1) is 18.1. The van der Waals surface area contributed by atoms with E-state index in [2.05, 4.69) is 20.4 Å². The molecule has 0 fully saturated rings. The van der Waals surface area contributed by atoms with E-state index in [4.69, 9.17) is 28.4 Å². The number of carbonyl (C=O) groups is 1. The van der Waals surface area contributed by atoms with Crippen LogP contribution in [0.4, 0.5) is 0 Å². The summed E-state index contributed by atoms with van der Waals surface area (Å²) < 4.78 is 34.3. The van der Waals surface area contributed by atoms with Crippen molar-refractivity contribution in [3.63, 3.8) is 0 Å². The third kappa shape index (κ3) is 24.1. The second-order valence-corrected chi connectivity index (χ2v) is 10.8. The largest absolute Gasteiger partial charge is 0.460 e. The van der Waals surface area contributed by atoms with E-state index < -0.39 is 5.97 Å². The molecule has 0 heterocycles. The molecule has 0 saturated carbocycles. The Morgan fingerprint density at radius 2 is 0.895 bits per heavy atom. The van der Waals surface area contributed by atoms with Gasteiger partial charge in [0.15, 0.2) is 0 Å². The van der Waals surface area contributed by atoms with Crippen LogP contribution in [0.3, 0.4) is 0 Å². The van der Waals surface area contributed by atoms with Crippen LogP contribution in [0.25, 0.3) is 0 Å². The summed E-state index contributed by atoms with van der Waals surface area (Å²) in [5, 5.41) is 0. The Labute approximate surface area is 234 Å². The molecule has 7 heteroatoms. The van der Waals surface area contributed by atoms with Gasteiger partial charge < -0.3 is 28.4 Å². The quantitative estimate of drug-likeness (QED) is 0.0623. The predicted molar refractivity (Wildman–Crippen MR) is 155 cm³/mol. The van der Waals surface area contributed by atoms with E-state index in [-0.39, 0.29) is 37.1 Å². The summed E-state index contributed by atoms with van der Waals surface area (Å²) in [6, 6.07) is 0. The summed E-state index contributed by atoms with van der Waals surface area (Å²) in [7, 11) is 0. The molecule has 0 N–H and O–H groups in total. The fraction of sp³-hybridized carbons (Fsp3) is 0.903. The van der Waals surface area contributed by atoms with Crippen molar-refractivity contribution in [3.8, 4) is 0 Å². The fourth-order valence-electron chi connectivity index (χ4n) is 3.63. The van der Waals surface area contributed by atoms with Gasteiger partial charge in [-0.1, -0.05) is 71.3 Å². The van der Waals surface area contributed by atoms with Crippen LogP contribution in [0.5, 0.6) is 0 Å². The highest BCUT2D eigenvalue weighted by Gasteiger charge is 2.13. The standard InChI is InChI=1S/C31H60O7/c1-9-10-11-12-13-14-15-16-17-18-19-33-26(4)20-34-27(5)21-35-28(6)22-36-29(7)23-37-30(8)24-38-31(32)25(2)3/h26-30H,2,9-24H2,1,3-8H3. The maximum absolute atomic E-state index is 11.4. The van der Waals surface area contributed by atoms with Gasteiger partial charge in [0.05, 0.1) is 56.9 Å². The summed E-state index contributed by atoms with van der Waals surface area (Å²) in [5.41, 5.74) is 0.380. The zero-order chi connectivity index (χ0) is 28.6. The number of carbonyl (C=O) groups excluding carboxylic acids is 1. The van der Waals surface area contributed by atoms with Crippen molar-refractivity contribution in [1.29, 1.82) is 0 Å². The Morgan fingerprint density at radius 3 is 1.29 bits per heavy atom. The SMILES string of the molecule is C=C(C)C(=O)OCC(C)OCC(C)OCC(C)OCC(C)OCC(C)OCCCCCCCCCCCC. The summed E-state index contributed by atoms with van der Waals surface area (Å²) in [5.74, 6) is -0.403. The van der Waals surface area contributed by atoms with E-state index in [1.165, 1.54) is 57.8 Å². The zero-order valence-electron chi connectivity index (χ0n) is 25.8. The molecule has 0 aromatic heterocycles. The maximum Gasteiger partial charge on any atom is 0.333 e. The molecule has 0 aliphatic heterocycles. The number of hydrogen-bond acceptors (Lipinski definition) is 7. The lowest BCUT2D eigenvalue weighted by Gasteiger charge is -2.22. The zero-order valence-corrected chi connectivity index (χ0v) is 25.8. The van der Waals surface area contributed by atoms with Crippen LogP contribution >= 0.6 is 0 Å². The van der Waals surface area contributed by atoms with Gasteiger partial charge in [0.2, 0.25) is 0 Å². The van der Waals surface area contributed by atoms with Crippen LogP contribution < -0.4 is 0 Å². The van der Waals surface area contributed by atoms with E-state index in [1.807, 2.05) is 27.7 Å². The third-order valence-electron chi connectivity index (χ3n) is 6.16. The Kier molecular flexibility index (Phi) is 24.4. The van der Waals surface area contributed by atoms with Crippen LogP contribution in [0.1, 0.15) is 113 Å². The molecule has 7 nitrogen and oxygen atoms in total. The van der Waals surface area contributed by atoms with Crippen LogP contribution in [-0.4, -0.2) is 76.1 Å². The van der Waals surface area contributed by atoms with Crippen molar-refractivity contribution in [1.82, 2.24) is 0 Å². The molecule has 0 radical (unpaired) electrons. The van der Waals surface area contributed by atoms with Gasteiger partial charge in [-0.05, 0) is 48.0 Å². The minimum Gasteiger partial charge on any atom is -0.460 e. The number of rotatable bonds is 27. The topological polar surface area (TPSA) is 72.5 Å². The Balaban J connectivity index is 3.67. The minimum atomic E-state index is -0.403. The average Bonchev–Trinajstić information content (AvgIpc) is 2.89. The highest BCUT2D eigenvalue weighted by molar-refractivity contribution is 5.86. The van der Waals surface area contributed by atoms with Crippen LogP contribution in [-0.2, 0) is 33.2 Å². The van der Waals surface area contributed by atoms with E-state index in [9.17, 15) is 4.79 Å². The second kappa shape index (κ2) is 25.0. The summed E-state index contributed by atoms with van der Waals surface area (Å²) in [6.45, 7) is 20.3. The predicted octanol–water partition coefficient (Wildman–Crippen LogP) is 7.05. The molecule has 0 aromatic rings. The van der Waals surface area contributed by atoms with Crippen molar-refractivity contribution < 1.29 is 33.2 Å². The molecule has 5 unspecified atom stereocenters. The molecule has 38 heavy (non-hydrogen) atoms. The first-order valence-electron chi connectivity index (χ1n) is 15.1. The normalized spacial score (nSPS) is 15.6. The maximum atomic E-state index is 11.4. The van der Waals surface area contributed by atoms with Crippen molar-refractivity contribution in [2.24, 2.45) is 0 Å².